The summed E-state index contributed by atoms with van der Waals surface area (Å²) < 4.78 is 34.6. The highest BCUT2D eigenvalue weighted by Gasteiger charge is 2.20. The Kier molecular flexibility index (Phi) is 7.59. The third kappa shape index (κ3) is 5.21. The van der Waals surface area contributed by atoms with Crippen LogP contribution in [0.3, 0.4) is 0 Å². The summed E-state index contributed by atoms with van der Waals surface area (Å²) in [6.07, 6.45) is 6.69. The Morgan fingerprint density at radius 2 is 1.97 bits per heavy atom. The molecule has 0 aliphatic rings. The van der Waals surface area contributed by atoms with Gasteiger partial charge in [-0.25, -0.2) is 18.7 Å². The fraction of sp³-hybridized carbons (Fsp3) is 0.231. The number of hydrogen-bond donors (Lipinski definition) is 1. The lowest BCUT2D eigenvalue weighted by atomic mass is 10.0. The van der Waals surface area contributed by atoms with Gasteiger partial charge in [-0.15, -0.1) is 0 Å². The SMILES string of the molecule is COc1cncc(-c2cnc(Cl)cc2Nc2c(C)c(N(C)CCCC=O)nc3cc(F)cc(F)c23)c1. The van der Waals surface area contributed by atoms with Crippen molar-refractivity contribution in [2.75, 3.05) is 30.9 Å². The van der Waals surface area contributed by atoms with Gasteiger partial charge >= 0.3 is 0 Å². The van der Waals surface area contributed by atoms with Gasteiger partial charge in [0, 0.05) is 61.2 Å². The summed E-state index contributed by atoms with van der Waals surface area (Å²) >= 11 is 6.23. The Morgan fingerprint density at radius 3 is 2.72 bits per heavy atom. The van der Waals surface area contributed by atoms with E-state index in [9.17, 15) is 9.18 Å². The van der Waals surface area contributed by atoms with Crippen molar-refractivity contribution < 1.29 is 18.3 Å². The lowest BCUT2D eigenvalue weighted by Gasteiger charge is -2.24. The molecule has 1 N–H and O–H groups in total. The second kappa shape index (κ2) is 10.8. The molecule has 0 amide bonds. The van der Waals surface area contributed by atoms with Crippen molar-refractivity contribution in [2.45, 2.75) is 19.8 Å². The maximum atomic E-state index is 15.1. The van der Waals surface area contributed by atoms with Crippen LogP contribution in [0.25, 0.3) is 22.0 Å². The zero-order chi connectivity index (χ0) is 25.8. The fourth-order valence-electron chi connectivity index (χ4n) is 4.01. The second-order valence-electron chi connectivity index (χ2n) is 8.24. The van der Waals surface area contributed by atoms with E-state index in [1.807, 2.05) is 11.9 Å². The number of anilines is 3. The molecule has 0 unspecified atom stereocenters. The molecule has 186 valence electrons. The van der Waals surface area contributed by atoms with Crippen LogP contribution < -0.4 is 15.0 Å². The van der Waals surface area contributed by atoms with E-state index in [1.54, 1.807) is 44.8 Å². The molecule has 3 aromatic heterocycles. The van der Waals surface area contributed by atoms with E-state index in [-0.39, 0.29) is 16.1 Å². The monoisotopic (exact) mass is 511 g/mol. The normalized spacial score (nSPS) is 10.9. The van der Waals surface area contributed by atoms with Crippen LogP contribution in [0.1, 0.15) is 18.4 Å². The van der Waals surface area contributed by atoms with Gasteiger partial charge < -0.3 is 19.7 Å². The van der Waals surface area contributed by atoms with Gasteiger partial charge in [-0.2, -0.15) is 0 Å². The summed E-state index contributed by atoms with van der Waals surface area (Å²) in [4.78, 5) is 25.6. The van der Waals surface area contributed by atoms with Gasteiger partial charge in [-0.3, -0.25) is 4.98 Å². The molecule has 0 aliphatic carbocycles. The molecule has 36 heavy (non-hydrogen) atoms. The Morgan fingerprint density at radius 1 is 1.17 bits per heavy atom. The number of nitrogens with one attached hydrogen (secondary N) is 1. The standard InChI is InChI=1S/C26H24ClF2N5O2/c1-15-25(32-21-11-23(27)31-14-19(21)16-8-18(36-3)13-30-12-16)24-20(29)9-17(28)10-22(24)33-26(15)34(2)6-4-5-7-35/h7-14H,4-6H2,1-3H3,(H,31,32,33). The van der Waals surface area contributed by atoms with Crippen LogP contribution in [0.15, 0.2) is 42.9 Å². The van der Waals surface area contributed by atoms with E-state index >= 15 is 4.39 Å². The molecule has 0 atom stereocenters. The zero-order valence-electron chi connectivity index (χ0n) is 20.0. The Hall–Kier alpha value is -3.85. The number of pyridine rings is 3. The molecule has 0 spiro atoms. The predicted octanol–water partition coefficient (Wildman–Crippen LogP) is 6.10. The van der Waals surface area contributed by atoms with Crippen molar-refractivity contribution in [1.82, 2.24) is 15.0 Å². The first-order chi connectivity index (χ1) is 17.3. The summed E-state index contributed by atoms with van der Waals surface area (Å²) in [6.45, 7) is 2.34. The van der Waals surface area contributed by atoms with Gasteiger partial charge in [0.05, 0.1) is 35.6 Å². The number of unbranched alkanes of at least 4 members (excludes halogenated alkanes) is 1. The molecule has 0 bridgehead atoms. The van der Waals surface area contributed by atoms with Crippen LogP contribution in [0.4, 0.5) is 26.0 Å². The molecule has 3 heterocycles. The van der Waals surface area contributed by atoms with Crippen molar-refractivity contribution in [3.05, 3.63) is 65.2 Å². The first-order valence-corrected chi connectivity index (χ1v) is 11.6. The highest BCUT2D eigenvalue weighted by Crippen LogP contribution is 2.39. The van der Waals surface area contributed by atoms with E-state index in [0.717, 1.165) is 12.4 Å². The molecule has 10 heteroatoms. The van der Waals surface area contributed by atoms with E-state index < -0.39 is 11.6 Å². The van der Waals surface area contributed by atoms with Gasteiger partial charge in [0.1, 0.15) is 34.6 Å². The number of carbonyl (C=O) groups excluding carboxylic acids is 1. The average molecular weight is 512 g/mol. The predicted molar refractivity (Wildman–Crippen MR) is 137 cm³/mol. The van der Waals surface area contributed by atoms with Gasteiger partial charge in [0.15, 0.2) is 0 Å². The first kappa shape index (κ1) is 25.2. The minimum absolute atomic E-state index is 0.140. The number of benzene rings is 1. The van der Waals surface area contributed by atoms with Gasteiger partial charge in [0.25, 0.3) is 0 Å². The molecule has 4 rings (SSSR count). The Balaban J connectivity index is 1.89. The van der Waals surface area contributed by atoms with Crippen LogP contribution in [0.2, 0.25) is 5.15 Å². The summed E-state index contributed by atoms with van der Waals surface area (Å²) in [7, 11) is 3.36. The van der Waals surface area contributed by atoms with Gasteiger partial charge in [-0.1, -0.05) is 11.6 Å². The molecule has 0 fully saturated rings. The van der Waals surface area contributed by atoms with Crippen molar-refractivity contribution >= 4 is 46.0 Å². The third-order valence-corrected chi connectivity index (χ3v) is 5.99. The molecule has 0 saturated carbocycles. The summed E-state index contributed by atoms with van der Waals surface area (Å²) in [5, 5.41) is 3.67. The molecule has 7 nitrogen and oxygen atoms in total. The number of hydrogen-bond acceptors (Lipinski definition) is 7. The lowest BCUT2D eigenvalue weighted by molar-refractivity contribution is -0.107. The van der Waals surface area contributed by atoms with Crippen LogP contribution >= 0.6 is 11.6 Å². The molecule has 0 saturated heterocycles. The highest BCUT2D eigenvalue weighted by atomic mass is 35.5. The number of carbonyl (C=O) groups is 1. The minimum Gasteiger partial charge on any atom is -0.495 e. The zero-order valence-corrected chi connectivity index (χ0v) is 20.7. The maximum Gasteiger partial charge on any atom is 0.137 e. The largest absolute Gasteiger partial charge is 0.495 e. The number of aromatic nitrogens is 3. The van der Waals surface area contributed by atoms with E-state index in [4.69, 9.17) is 16.3 Å². The molecular formula is C26H24ClF2N5O2. The summed E-state index contributed by atoms with van der Waals surface area (Å²) in [6, 6.07) is 5.44. The second-order valence-corrected chi connectivity index (χ2v) is 8.63. The minimum atomic E-state index is -0.747. The number of ether oxygens (including phenoxy) is 1. The van der Waals surface area contributed by atoms with Crippen LogP contribution in [-0.4, -0.2) is 41.9 Å². The highest BCUT2D eigenvalue weighted by molar-refractivity contribution is 6.29. The summed E-state index contributed by atoms with van der Waals surface area (Å²) in [5.74, 6) is -0.389. The van der Waals surface area contributed by atoms with Crippen molar-refractivity contribution in [3.8, 4) is 16.9 Å². The molecule has 0 radical (unpaired) electrons. The van der Waals surface area contributed by atoms with E-state index in [0.29, 0.717) is 59.0 Å². The molecule has 4 aromatic rings. The molecular weight excluding hydrogens is 488 g/mol. The third-order valence-electron chi connectivity index (χ3n) is 5.79. The number of methoxy groups -OCH3 is 1. The van der Waals surface area contributed by atoms with E-state index in [2.05, 4.69) is 20.3 Å². The maximum absolute atomic E-state index is 15.1. The Bertz CT molecular complexity index is 1430. The van der Waals surface area contributed by atoms with E-state index in [1.165, 1.54) is 6.07 Å². The quantitative estimate of drug-likeness (QED) is 0.165. The summed E-state index contributed by atoms with van der Waals surface area (Å²) in [5.41, 5.74) is 3.10. The van der Waals surface area contributed by atoms with Gasteiger partial charge in [0.2, 0.25) is 0 Å². The van der Waals surface area contributed by atoms with Crippen molar-refractivity contribution in [1.29, 1.82) is 0 Å². The van der Waals surface area contributed by atoms with Crippen LogP contribution in [0.5, 0.6) is 5.75 Å². The van der Waals surface area contributed by atoms with Crippen LogP contribution in [0, 0.1) is 18.6 Å². The Labute approximate surface area is 212 Å². The smallest absolute Gasteiger partial charge is 0.137 e. The number of fused-ring (bicyclic) bond motifs is 1. The topological polar surface area (TPSA) is 80.2 Å². The first-order valence-electron chi connectivity index (χ1n) is 11.2. The van der Waals surface area contributed by atoms with Crippen molar-refractivity contribution in [3.63, 3.8) is 0 Å². The number of rotatable bonds is 9. The van der Waals surface area contributed by atoms with Gasteiger partial charge in [-0.05, 0) is 25.5 Å². The average Bonchev–Trinajstić information content (AvgIpc) is 2.85. The molecule has 1 aromatic carbocycles. The fourth-order valence-corrected chi connectivity index (χ4v) is 4.17. The molecule has 0 aliphatic heterocycles. The number of aldehydes is 1. The van der Waals surface area contributed by atoms with Crippen LogP contribution in [-0.2, 0) is 4.79 Å². The number of nitrogens with zero attached hydrogens (tertiary/aromatic N) is 4. The number of halogens is 3. The van der Waals surface area contributed by atoms with Crippen molar-refractivity contribution in [2.24, 2.45) is 0 Å². The lowest BCUT2D eigenvalue weighted by Crippen LogP contribution is -2.21.